The van der Waals surface area contributed by atoms with E-state index in [2.05, 4.69) is 34.8 Å². The van der Waals surface area contributed by atoms with Gasteiger partial charge in [0.15, 0.2) is 0 Å². The van der Waals surface area contributed by atoms with Gasteiger partial charge < -0.3 is 9.88 Å². The fraction of sp³-hybridized carbons (Fsp3) is 0.188. The number of halogens is 1. The molecule has 0 spiro atoms. The van der Waals surface area contributed by atoms with Gasteiger partial charge in [-0.2, -0.15) is 0 Å². The van der Waals surface area contributed by atoms with E-state index in [-0.39, 0.29) is 0 Å². The molecule has 0 radical (unpaired) electrons. The van der Waals surface area contributed by atoms with Gasteiger partial charge in [0.2, 0.25) is 5.95 Å². The molecule has 0 bridgehead atoms. The summed E-state index contributed by atoms with van der Waals surface area (Å²) in [5, 5.41) is 4.02. The summed E-state index contributed by atoms with van der Waals surface area (Å²) in [4.78, 5) is 4.66. The zero-order chi connectivity index (χ0) is 14.1. The third kappa shape index (κ3) is 2.25. The van der Waals surface area contributed by atoms with Crippen molar-refractivity contribution in [2.24, 2.45) is 0 Å². The molecule has 0 saturated heterocycles. The van der Waals surface area contributed by atoms with E-state index >= 15 is 0 Å². The molecule has 0 aliphatic carbocycles. The molecule has 0 aliphatic rings. The van der Waals surface area contributed by atoms with Crippen molar-refractivity contribution in [1.82, 2.24) is 9.55 Å². The molecule has 1 N–H and O–H groups in total. The Morgan fingerprint density at radius 1 is 1.05 bits per heavy atom. The number of fused-ring (bicyclic) bond motifs is 1. The van der Waals surface area contributed by atoms with Crippen LogP contribution in [0.25, 0.3) is 11.0 Å². The highest BCUT2D eigenvalue weighted by atomic mass is 35.5. The number of aromatic nitrogens is 2. The molecule has 0 aliphatic heterocycles. The summed E-state index contributed by atoms with van der Waals surface area (Å²) in [5.41, 5.74) is 2.97. The van der Waals surface area contributed by atoms with Gasteiger partial charge in [0.1, 0.15) is 0 Å². The minimum absolute atomic E-state index is 0.312. The molecule has 2 aromatic carbocycles. The molecule has 1 aromatic heterocycles. The number of nitrogens with one attached hydrogen (secondary N) is 1. The second-order valence-electron chi connectivity index (χ2n) is 4.99. The molecule has 0 saturated carbocycles. The number of imidazole rings is 1. The molecule has 0 atom stereocenters. The Balaban J connectivity index is 2.12. The summed E-state index contributed by atoms with van der Waals surface area (Å²) in [6.07, 6.45) is 0. The first-order valence-electron chi connectivity index (χ1n) is 6.65. The van der Waals surface area contributed by atoms with E-state index in [4.69, 9.17) is 11.6 Å². The normalized spacial score (nSPS) is 11.2. The minimum Gasteiger partial charge on any atom is -0.324 e. The summed E-state index contributed by atoms with van der Waals surface area (Å²) in [7, 11) is 0. The SMILES string of the molecule is CC(C)n1c(Nc2ccccc2Cl)nc2ccccc21. The Bertz CT molecular complexity index is 746. The lowest BCUT2D eigenvalue weighted by molar-refractivity contribution is 0.625. The van der Waals surface area contributed by atoms with Crippen LogP contribution in [-0.4, -0.2) is 9.55 Å². The molecule has 0 amide bonds. The zero-order valence-corrected chi connectivity index (χ0v) is 12.2. The lowest BCUT2D eigenvalue weighted by Crippen LogP contribution is -2.06. The number of anilines is 2. The minimum atomic E-state index is 0.312. The quantitative estimate of drug-likeness (QED) is 0.733. The lowest BCUT2D eigenvalue weighted by atomic mass is 10.3. The number of nitrogens with zero attached hydrogens (tertiary/aromatic N) is 2. The van der Waals surface area contributed by atoms with Crippen molar-refractivity contribution >= 4 is 34.3 Å². The van der Waals surface area contributed by atoms with E-state index in [1.807, 2.05) is 42.5 Å². The summed E-state index contributed by atoms with van der Waals surface area (Å²) in [6.45, 7) is 4.29. The monoisotopic (exact) mass is 285 g/mol. The summed E-state index contributed by atoms with van der Waals surface area (Å²) in [5.74, 6) is 0.814. The molecule has 0 fully saturated rings. The van der Waals surface area contributed by atoms with Gasteiger partial charge in [-0.3, -0.25) is 0 Å². The molecule has 3 nitrogen and oxygen atoms in total. The van der Waals surface area contributed by atoms with Crippen LogP contribution in [0.3, 0.4) is 0 Å². The summed E-state index contributed by atoms with van der Waals surface area (Å²) >= 11 is 6.21. The first-order valence-corrected chi connectivity index (χ1v) is 7.03. The molecule has 1 heterocycles. The number of benzene rings is 2. The maximum absolute atomic E-state index is 6.21. The zero-order valence-electron chi connectivity index (χ0n) is 11.5. The van der Waals surface area contributed by atoms with Crippen molar-refractivity contribution < 1.29 is 0 Å². The first-order chi connectivity index (χ1) is 9.66. The van der Waals surface area contributed by atoms with Crippen LogP contribution < -0.4 is 5.32 Å². The second kappa shape index (κ2) is 5.17. The van der Waals surface area contributed by atoms with Crippen molar-refractivity contribution in [3.8, 4) is 0 Å². The maximum Gasteiger partial charge on any atom is 0.208 e. The first kappa shape index (κ1) is 13.0. The molecule has 3 rings (SSSR count). The standard InChI is InChI=1S/C16H16ClN3/c1-11(2)20-15-10-6-5-9-14(15)19-16(20)18-13-8-4-3-7-12(13)17/h3-11H,1-2H3,(H,18,19). The van der Waals surface area contributed by atoms with Crippen LogP contribution in [0.15, 0.2) is 48.5 Å². The van der Waals surface area contributed by atoms with E-state index in [0.717, 1.165) is 22.7 Å². The van der Waals surface area contributed by atoms with Crippen LogP contribution in [0.4, 0.5) is 11.6 Å². The largest absolute Gasteiger partial charge is 0.324 e. The number of hydrogen-bond acceptors (Lipinski definition) is 2. The lowest BCUT2D eigenvalue weighted by Gasteiger charge is -2.14. The van der Waals surface area contributed by atoms with Gasteiger partial charge in [-0.25, -0.2) is 4.98 Å². The third-order valence-corrected chi connectivity index (χ3v) is 3.56. The molecule has 0 unspecified atom stereocenters. The maximum atomic E-state index is 6.21. The van der Waals surface area contributed by atoms with Crippen molar-refractivity contribution in [2.45, 2.75) is 19.9 Å². The number of hydrogen-bond donors (Lipinski definition) is 1. The van der Waals surface area contributed by atoms with Gasteiger partial charge in [0.25, 0.3) is 0 Å². The topological polar surface area (TPSA) is 29.9 Å². The summed E-state index contributed by atoms with van der Waals surface area (Å²) < 4.78 is 2.18. The molecular formula is C16H16ClN3. The van der Waals surface area contributed by atoms with Crippen molar-refractivity contribution in [1.29, 1.82) is 0 Å². The van der Waals surface area contributed by atoms with Gasteiger partial charge in [0.05, 0.1) is 21.7 Å². The average Bonchev–Trinajstić information content (AvgIpc) is 2.79. The smallest absolute Gasteiger partial charge is 0.208 e. The molecule has 3 aromatic rings. The Hall–Kier alpha value is -2.00. The highest BCUT2D eigenvalue weighted by molar-refractivity contribution is 6.33. The second-order valence-corrected chi connectivity index (χ2v) is 5.40. The third-order valence-electron chi connectivity index (χ3n) is 3.23. The fourth-order valence-electron chi connectivity index (χ4n) is 2.34. The number of para-hydroxylation sites is 3. The van der Waals surface area contributed by atoms with Gasteiger partial charge in [-0.05, 0) is 38.1 Å². The van der Waals surface area contributed by atoms with Crippen LogP contribution in [0.5, 0.6) is 0 Å². The van der Waals surface area contributed by atoms with Crippen molar-refractivity contribution in [3.05, 3.63) is 53.6 Å². The van der Waals surface area contributed by atoms with E-state index in [9.17, 15) is 0 Å². The summed E-state index contributed by atoms with van der Waals surface area (Å²) in [6, 6.07) is 16.1. The van der Waals surface area contributed by atoms with E-state index in [1.54, 1.807) is 0 Å². The number of rotatable bonds is 3. The van der Waals surface area contributed by atoms with Crippen LogP contribution in [0.2, 0.25) is 5.02 Å². The predicted molar refractivity (Wildman–Crippen MR) is 84.9 cm³/mol. The molecule has 102 valence electrons. The van der Waals surface area contributed by atoms with E-state index in [0.29, 0.717) is 11.1 Å². The van der Waals surface area contributed by atoms with Crippen LogP contribution in [-0.2, 0) is 0 Å². The van der Waals surface area contributed by atoms with E-state index < -0.39 is 0 Å². The van der Waals surface area contributed by atoms with Crippen molar-refractivity contribution in [2.75, 3.05) is 5.32 Å². The predicted octanol–water partition coefficient (Wildman–Crippen LogP) is 5.01. The fourth-order valence-corrected chi connectivity index (χ4v) is 2.52. The highest BCUT2D eigenvalue weighted by Gasteiger charge is 2.13. The van der Waals surface area contributed by atoms with E-state index in [1.165, 1.54) is 0 Å². The molecule has 4 heteroatoms. The van der Waals surface area contributed by atoms with Crippen LogP contribution in [0, 0.1) is 0 Å². The average molecular weight is 286 g/mol. The Morgan fingerprint density at radius 2 is 1.75 bits per heavy atom. The van der Waals surface area contributed by atoms with Crippen LogP contribution in [0.1, 0.15) is 19.9 Å². The Morgan fingerprint density at radius 3 is 2.50 bits per heavy atom. The van der Waals surface area contributed by atoms with Gasteiger partial charge in [0, 0.05) is 6.04 Å². The van der Waals surface area contributed by atoms with Crippen LogP contribution >= 0.6 is 11.6 Å². The van der Waals surface area contributed by atoms with Gasteiger partial charge >= 0.3 is 0 Å². The molecule has 20 heavy (non-hydrogen) atoms. The highest BCUT2D eigenvalue weighted by Crippen LogP contribution is 2.29. The Kier molecular flexibility index (Phi) is 3.36. The van der Waals surface area contributed by atoms with Gasteiger partial charge in [-0.1, -0.05) is 35.9 Å². The molecular weight excluding hydrogens is 270 g/mol. The van der Waals surface area contributed by atoms with Gasteiger partial charge in [-0.15, -0.1) is 0 Å². The van der Waals surface area contributed by atoms with Crippen molar-refractivity contribution in [3.63, 3.8) is 0 Å². The Labute approximate surface area is 123 Å².